The van der Waals surface area contributed by atoms with Gasteiger partial charge in [-0.1, -0.05) is 11.6 Å². The maximum Gasteiger partial charge on any atom is 0.410 e. The van der Waals surface area contributed by atoms with Gasteiger partial charge in [-0.2, -0.15) is 0 Å². The fourth-order valence-corrected chi connectivity index (χ4v) is 3.23. The maximum atomic E-state index is 13.0. The van der Waals surface area contributed by atoms with Gasteiger partial charge in [-0.3, -0.25) is 14.5 Å². The normalized spacial score (nSPS) is 14.8. The number of carbonyl (C=O) groups excluding carboxylic acids is 3. The van der Waals surface area contributed by atoms with Crippen molar-refractivity contribution in [1.82, 2.24) is 20.4 Å². The average molecular weight is 457 g/mol. The highest BCUT2D eigenvalue weighted by Crippen LogP contribution is 2.17. The summed E-state index contributed by atoms with van der Waals surface area (Å²) in [5.74, 6) is -1.16. The zero-order valence-corrected chi connectivity index (χ0v) is 18.9. The molecule has 31 heavy (non-hydrogen) atoms. The molecular formula is C21H30ClFN4O4. The molecular weight excluding hydrogens is 427 g/mol. The van der Waals surface area contributed by atoms with Crippen LogP contribution in [0.15, 0.2) is 18.2 Å². The molecule has 1 heterocycles. The maximum absolute atomic E-state index is 13.0. The third-order valence-electron chi connectivity index (χ3n) is 4.59. The van der Waals surface area contributed by atoms with Crippen molar-refractivity contribution < 1.29 is 23.5 Å². The van der Waals surface area contributed by atoms with Crippen LogP contribution in [0.5, 0.6) is 0 Å². The summed E-state index contributed by atoms with van der Waals surface area (Å²) in [5, 5.41) is 5.43. The second-order valence-corrected chi connectivity index (χ2v) is 8.70. The van der Waals surface area contributed by atoms with Gasteiger partial charge in [0.1, 0.15) is 11.4 Å². The minimum atomic E-state index is -0.521. The molecule has 2 N–H and O–H groups in total. The van der Waals surface area contributed by atoms with Crippen molar-refractivity contribution in [2.75, 3.05) is 45.8 Å². The Balaban J connectivity index is 1.59. The lowest BCUT2D eigenvalue weighted by atomic mass is 10.2. The third kappa shape index (κ3) is 8.70. The summed E-state index contributed by atoms with van der Waals surface area (Å²) < 4.78 is 18.4. The molecule has 2 rings (SSSR count). The van der Waals surface area contributed by atoms with Gasteiger partial charge in [0.25, 0.3) is 5.91 Å². The van der Waals surface area contributed by atoms with Gasteiger partial charge in [-0.25, -0.2) is 9.18 Å². The number of nitrogens with one attached hydrogen (secondary N) is 2. The molecule has 1 saturated heterocycles. The predicted molar refractivity (Wildman–Crippen MR) is 116 cm³/mol. The van der Waals surface area contributed by atoms with Crippen LogP contribution in [-0.2, 0) is 9.53 Å². The SMILES string of the molecule is CC(C)(C)OC(=O)N1CCN(CCNC(=O)CCNC(=O)c2ccc(F)cc2Cl)CC1. The number of hydrogen-bond donors (Lipinski definition) is 2. The highest BCUT2D eigenvalue weighted by molar-refractivity contribution is 6.33. The molecule has 1 fully saturated rings. The van der Waals surface area contributed by atoms with Gasteiger partial charge in [0, 0.05) is 52.2 Å². The van der Waals surface area contributed by atoms with Crippen LogP contribution in [0.2, 0.25) is 5.02 Å². The molecule has 172 valence electrons. The van der Waals surface area contributed by atoms with Gasteiger partial charge in [0.2, 0.25) is 5.91 Å². The molecule has 1 aromatic rings. The minimum Gasteiger partial charge on any atom is -0.444 e. The Morgan fingerprint density at radius 2 is 1.77 bits per heavy atom. The summed E-state index contributed by atoms with van der Waals surface area (Å²) in [6.07, 6.45) is -0.179. The van der Waals surface area contributed by atoms with Crippen molar-refractivity contribution in [3.63, 3.8) is 0 Å². The van der Waals surface area contributed by atoms with Crippen LogP contribution in [0, 0.1) is 5.82 Å². The first kappa shape index (κ1) is 24.9. The first-order chi connectivity index (χ1) is 14.5. The first-order valence-corrected chi connectivity index (χ1v) is 10.6. The van der Waals surface area contributed by atoms with Crippen molar-refractivity contribution >= 4 is 29.5 Å². The number of nitrogens with zero attached hydrogens (tertiary/aromatic N) is 2. The lowest BCUT2D eigenvalue weighted by Gasteiger charge is -2.35. The zero-order chi connectivity index (χ0) is 23.0. The standard InChI is InChI=1S/C21H30ClFN4O4/c1-21(2,3)31-20(30)27-12-10-26(11-13-27)9-8-24-18(28)6-7-25-19(29)16-5-4-15(23)14-17(16)22/h4-5,14H,6-13H2,1-3H3,(H,24,28)(H,25,29). The van der Waals surface area contributed by atoms with E-state index >= 15 is 0 Å². The van der Waals surface area contributed by atoms with Crippen molar-refractivity contribution in [2.24, 2.45) is 0 Å². The van der Waals surface area contributed by atoms with Crippen molar-refractivity contribution in [2.45, 2.75) is 32.8 Å². The molecule has 0 unspecified atom stereocenters. The highest BCUT2D eigenvalue weighted by Gasteiger charge is 2.25. The molecule has 1 aromatic carbocycles. The molecule has 0 aliphatic carbocycles. The molecule has 0 bridgehead atoms. The van der Waals surface area contributed by atoms with Gasteiger partial charge in [0.15, 0.2) is 0 Å². The lowest BCUT2D eigenvalue weighted by Crippen LogP contribution is -2.51. The van der Waals surface area contributed by atoms with E-state index in [4.69, 9.17) is 16.3 Å². The van der Waals surface area contributed by atoms with E-state index in [0.29, 0.717) is 39.3 Å². The minimum absolute atomic E-state index is 0.0220. The summed E-state index contributed by atoms with van der Waals surface area (Å²) in [6, 6.07) is 3.52. The number of piperazine rings is 1. The predicted octanol–water partition coefficient (Wildman–Crippen LogP) is 2.27. The number of carbonyl (C=O) groups is 3. The second kappa shape index (κ2) is 11.3. The molecule has 0 aromatic heterocycles. The van der Waals surface area contributed by atoms with E-state index in [1.165, 1.54) is 6.07 Å². The molecule has 1 aliphatic rings. The largest absolute Gasteiger partial charge is 0.444 e. The monoisotopic (exact) mass is 456 g/mol. The van der Waals surface area contributed by atoms with E-state index < -0.39 is 17.3 Å². The Labute approximate surface area is 187 Å². The van der Waals surface area contributed by atoms with Crippen molar-refractivity contribution in [3.05, 3.63) is 34.6 Å². The number of amides is 3. The number of benzene rings is 1. The molecule has 0 spiro atoms. The Morgan fingerprint density at radius 1 is 1.10 bits per heavy atom. The Bertz CT molecular complexity index is 792. The Kier molecular flexibility index (Phi) is 9.06. The van der Waals surface area contributed by atoms with Gasteiger partial charge < -0.3 is 20.3 Å². The van der Waals surface area contributed by atoms with Crippen LogP contribution in [-0.4, -0.2) is 79.1 Å². The molecule has 0 radical (unpaired) electrons. The van der Waals surface area contributed by atoms with Crippen LogP contribution >= 0.6 is 11.6 Å². The summed E-state index contributed by atoms with van der Waals surface area (Å²) in [6.45, 7) is 9.41. The van der Waals surface area contributed by atoms with Crippen molar-refractivity contribution in [1.29, 1.82) is 0 Å². The molecule has 10 heteroatoms. The number of ether oxygens (including phenoxy) is 1. The first-order valence-electron chi connectivity index (χ1n) is 10.3. The quantitative estimate of drug-likeness (QED) is 0.656. The van der Waals surface area contributed by atoms with Gasteiger partial charge in [-0.05, 0) is 39.0 Å². The molecule has 3 amide bonds. The Hall–Kier alpha value is -2.39. The summed E-state index contributed by atoms with van der Waals surface area (Å²) in [4.78, 5) is 39.9. The summed E-state index contributed by atoms with van der Waals surface area (Å²) in [5.41, 5.74) is -0.350. The highest BCUT2D eigenvalue weighted by atomic mass is 35.5. The van der Waals surface area contributed by atoms with Crippen LogP contribution in [0.4, 0.5) is 9.18 Å². The fourth-order valence-electron chi connectivity index (χ4n) is 2.98. The second-order valence-electron chi connectivity index (χ2n) is 8.29. The van der Waals surface area contributed by atoms with Gasteiger partial charge >= 0.3 is 6.09 Å². The fraction of sp³-hybridized carbons (Fsp3) is 0.571. The van der Waals surface area contributed by atoms with E-state index in [0.717, 1.165) is 12.1 Å². The Morgan fingerprint density at radius 3 is 2.39 bits per heavy atom. The van der Waals surface area contributed by atoms with Crippen molar-refractivity contribution in [3.8, 4) is 0 Å². The van der Waals surface area contributed by atoms with E-state index in [1.54, 1.807) is 4.90 Å². The van der Waals surface area contributed by atoms with Crippen LogP contribution in [0.3, 0.4) is 0 Å². The number of hydrogen-bond acceptors (Lipinski definition) is 5. The third-order valence-corrected chi connectivity index (χ3v) is 4.90. The summed E-state index contributed by atoms with van der Waals surface area (Å²) >= 11 is 5.85. The smallest absolute Gasteiger partial charge is 0.410 e. The topological polar surface area (TPSA) is 91.0 Å². The van der Waals surface area contributed by atoms with E-state index in [-0.39, 0.29) is 35.6 Å². The van der Waals surface area contributed by atoms with E-state index in [1.807, 2.05) is 20.8 Å². The van der Waals surface area contributed by atoms with Gasteiger partial charge in [-0.15, -0.1) is 0 Å². The van der Waals surface area contributed by atoms with Crippen LogP contribution < -0.4 is 10.6 Å². The summed E-state index contributed by atoms with van der Waals surface area (Å²) in [7, 11) is 0. The van der Waals surface area contributed by atoms with Crippen LogP contribution in [0.1, 0.15) is 37.6 Å². The van der Waals surface area contributed by atoms with E-state index in [9.17, 15) is 18.8 Å². The molecule has 1 aliphatic heterocycles. The van der Waals surface area contributed by atoms with E-state index in [2.05, 4.69) is 15.5 Å². The van der Waals surface area contributed by atoms with Crippen LogP contribution in [0.25, 0.3) is 0 Å². The molecule has 8 nitrogen and oxygen atoms in total. The zero-order valence-electron chi connectivity index (χ0n) is 18.2. The number of halogens is 2. The lowest BCUT2D eigenvalue weighted by molar-refractivity contribution is -0.121. The molecule has 0 atom stereocenters. The average Bonchev–Trinajstić information content (AvgIpc) is 2.67. The number of rotatable bonds is 7. The molecule has 0 saturated carbocycles. The van der Waals surface area contributed by atoms with Gasteiger partial charge in [0.05, 0.1) is 10.6 Å².